The third kappa shape index (κ3) is 3.32. The summed E-state index contributed by atoms with van der Waals surface area (Å²) in [5, 5.41) is 4.00. The van der Waals surface area contributed by atoms with Gasteiger partial charge in [-0.15, -0.1) is 11.3 Å². The summed E-state index contributed by atoms with van der Waals surface area (Å²) in [6.45, 7) is 7.68. The lowest BCUT2D eigenvalue weighted by Crippen LogP contribution is -2.15. The van der Waals surface area contributed by atoms with Gasteiger partial charge in [-0.3, -0.25) is 4.79 Å². The fourth-order valence-electron chi connectivity index (χ4n) is 2.60. The van der Waals surface area contributed by atoms with Crippen molar-refractivity contribution in [3.63, 3.8) is 0 Å². The molecule has 0 aliphatic carbocycles. The Labute approximate surface area is 154 Å². The van der Waals surface area contributed by atoms with Gasteiger partial charge in [0.1, 0.15) is 28.5 Å². The van der Waals surface area contributed by atoms with Crippen molar-refractivity contribution in [1.82, 2.24) is 9.97 Å². The first kappa shape index (κ1) is 18.1. The number of hydrogen-bond acceptors (Lipinski definition) is 6. The molecule has 1 amide bonds. The minimum Gasteiger partial charge on any atom is -0.489 e. The van der Waals surface area contributed by atoms with Crippen LogP contribution in [0, 0.1) is 19.7 Å². The molecule has 2 heterocycles. The van der Waals surface area contributed by atoms with Crippen LogP contribution in [0.2, 0.25) is 0 Å². The van der Waals surface area contributed by atoms with E-state index in [0.717, 1.165) is 20.7 Å². The number of fused-ring (bicyclic) bond motifs is 1. The SMILES string of the molecule is Cc1sc2ncnc(Nc3cc(F)c(C(N)=O)cc3OC(C)C)c2c1C. The van der Waals surface area contributed by atoms with Gasteiger partial charge >= 0.3 is 0 Å². The maximum absolute atomic E-state index is 14.3. The number of nitrogens with two attached hydrogens (primary N) is 1. The highest BCUT2D eigenvalue weighted by molar-refractivity contribution is 7.18. The van der Waals surface area contributed by atoms with Gasteiger partial charge in [-0.05, 0) is 39.3 Å². The average Bonchev–Trinajstić information content (AvgIpc) is 2.84. The van der Waals surface area contributed by atoms with Crippen molar-refractivity contribution in [3.8, 4) is 5.75 Å². The van der Waals surface area contributed by atoms with Crippen LogP contribution in [0.15, 0.2) is 18.5 Å². The third-order valence-electron chi connectivity index (χ3n) is 3.92. The fourth-order valence-corrected chi connectivity index (χ4v) is 3.59. The smallest absolute Gasteiger partial charge is 0.251 e. The normalized spacial score (nSPS) is 11.2. The van der Waals surface area contributed by atoms with Crippen LogP contribution in [0.5, 0.6) is 5.75 Å². The highest BCUT2D eigenvalue weighted by atomic mass is 32.1. The third-order valence-corrected chi connectivity index (χ3v) is 5.03. The van der Waals surface area contributed by atoms with E-state index in [0.29, 0.717) is 17.3 Å². The number of nitrogens with zero attached hydrogens (tertiary/aromatic N) is 2. The number of carbonyl (C=O) groups excluding carboxylic acids is 1. The molecule has 0 aliphatic heterocycles. The van der Waals surface area contributed by atoms with Gasteiger partial charge < -0.3 is 15.8 Å². The predicted octanol–water partition coefficient (Wildman–Crippen LogP) is 4.08. The summed E-state index contributed by atoms with van der Waals surface area (Å²) in [6, 6.07) is 2.50. The highest BCUT2D eigenvalue weighted by Gasteiger charge is 2.18. The largest absolute Gasteiger partial charge is 0.489 e. The molecule has 0 saturated carbocycles. The molecule has 8 heteroatoms. The van der Waals surface area contributed by atoms with Crippen LogP contribution >= 0.6 is 11.3 Å². The number of aryl methyl sites for hydroxylation is 2. The minimum atomic E-state index is -0.851. The molecule has 0 saturated heterocycles. The standard InChI is InChI=1S/C18H19FN4O2S/c1-8(2)25-14-5-11(16(20)24)12(19)6-13(14)23-17-15-9(3)10(4)26-18(15)22-7-21-17/h5-8H,1-4H3,(H2,20,24)(H,21,22,23). The maximum Gasteiger partial charge on any atom is 0.251 e. The molecule has 0 atom stereocenters. The molecule has 2 aromatic heterocycles. The Balaban J connectivity index is 2.12. The predicted molar refractivity (Wildman–Crippen MR) is 101 cm³/mol. The number of benzene rings is 1. The number of halogens is 1. The summed E-state index contributed by atoms with van der Waals surface area (Å²) in [5.74, 6) is -0.695. The van der Waals surface area contributed by atoms with Crippen molar-refractivity contribution in [2.75, 3.05) is 5.32 Å². The molecule has 136 valence electrons. The Bertz CT molecular complexity index is 1000. The van der Waals surface area contributed by atoms with E-state index in [9.17, 15) is 9.18 Å². The summed E-state index contributed by atoms with van der Waals surface area (Å²) in [5.41, 5.74) is 6.45. The maximum atomic E-state index is 14.3. The number of carbonyl (C=O) groups is 1. The molecule has 0 unspecified atom stereocenters. The average molecular weight is 374 g/mol. The van der Waals surface area contributed by atoms with Crippen molar-refractivity contribution in [3.05, 3.63) is 40.3 Å². The van der Waals surface area contributed by atoms with Gasteiger partial charge in [-0.2, -0.15) is 0 Å². The number of thiophene rings is 1. The second kappa shape index (κ2) is 6.87. The summed E-state index contributed by atoms with van der Waals surface area (Å²) in [7, 11) is 0. The van der Waals surface area contributed by atoms with Crippen molar-refractivity contribution >= 4 is 39.0 Å². The zero-order valence-electron chi connectivity index (χ0n) is 14.9. The molecule has 3 N–H and O–H groups in total. The number of nitrogens with one attached hydrogen (secondary N) is 1. The molecule has 0 radical (unpaired) electrons. The Morgan fingerprint density at radius 1 is 1.31 bits per heavy atom. The summed E-state index contributed by atoms with van der Waals surface area (Å²) >= 11 is 1.57. The second-order valence-corrected chi connectivity index (χ2v) is 7.37. The quantitative estimate of drug-likeness (QED) is 0.702. The molecule has 0 bridgehead atoms. The van der Waals surface area contributed by atoms with Gasteiger partial charge in [0.15, 0.2) is 0 Å². The van der Waals surface area contributed by atoms with Gasteiger partial charge in [-0.25, -0.2) is 14.4 Å². The van der Waals surface area contributed by atoms with Crippen LogP contribution in [-0.2, 0) is 0 Å². The molecule has 0 spiro atoms. The summed E-state index contributed by atoms with van der Waals surface area (Å²) < 4.78 is 20.0. The minimum absolute atomic E-state index is 0.169. The monoisotopic (exact) mass is 374 g/mol. The van der Waals surface area contributed by atoms with E-state index in [1.54, 1.807) is 11.3 Å². The van der Waals surface area contributed by atoms with E-state index >= 15 is 0 Å². The van der Waals surface area contributed by atoms with Crippen LogP contribution in [0.4, 0.5) is 15.9 Å². The van der Waals surface area contributed by atoms with Crippen molar-refractivity contribution in [2.45, 2.75) is 33.8 Å². The topological polar surface area (TPSA) is 90.1 Å². The number of amides is 1. The molecular formula is C18H19FN4O2S. The number of ether oxygens (including phenoxy) is 1. The molecule has 1 aromatic carbocycles. The van der Waals surface area contributed by atoms with Gasteiger partial charge in [0.05, 0.1) is 22.7 Å². The molecule has 26 heavy (non-hydrogen) atoms. The lowest BCUT2D eigenvalue weighted by atomic mass is 10.1. The van der Waals surface area contributed by atoms with Crippen LogP contribution in [0.3, 0.4) is 0 Å². The van der Waals surface area contributed by atoms with Crippen LogP contribution in [0.1, 0.15) is 34.6 Å². The highest BCUT2D eigenvalue weighted by Crippen LogP contribution is 2.36. The Morgan fingerprint density at radius 3 is 2.69 bits per heavy atom. The summed E-state index contributed by atoms with van der Waals surface area (Å²) in [6.07, 6.45) is 1.29. The first-order chi connectivity index (χ1) is 12.3. The van der Waals surface area contributed by atoms with Crippen molar-refractivity contribution in [1.29, 1.82) is 0 Å². The zero-order valence-corrected chi connectivity index (χ0v) is 15.7. The number of rotatable bonds is 5. The second-order valence-electron chi connectivity index (χ2n) is 6.17. The first-order valence-corrected chi connectivity index (χ1v) is 8.87. The lowest BCUT2D eigenvalue weighted by Gasteiger charge is -2.17. The summed E-state index contributed by atoms with van der Waals surface area (Å²) in [4.78, 5) is 22.0. The molecule has 3 aromatic rings. The van der Waals surface area contributed by atoms with E-state index in [1.807, 2.05) is 27.7 Å². The molecule has 0 fully saturated rings. The first-order valence-electron chi connectivity index (χ1n) is 8.05. The van der Waals surface area contributed by atoms with Crippen molar-refractivity contribution in [2.24, 2.45) is 5.73 Å². The van der Waals surface area contributed by atoms with Crippen LogP contribution in [-0.4, -0.2) is 22.0 Å². The molecule has 3 rings (SSSR count). The van der Waals surface area contributed by atoms with Crippen molar-refractivity contribution < 1.29 is 13.9 Å². The number of hydrogen-bond donors (Lipinski definition) is 2. The molecular weight excluding hydrogens is 355 g/mol. The molecule has 6 nitrogen and oxygen atoms in total. The van der Waals surface area contributed by atoms with Gasteiger partial charge in [0, 0.05) is 10.9 Å². The van der Waals surface area contributed by atoms with E-state index in [-0.39, 0.29) is 11.7 Å². The van der Waals surface area contributed by atoms with Gasteiger partial charge in [-0.1, -0.05) is 0 Å². The van der Waals surface area contributed by atoms with E-state index in [1.165, 1.54) is 18.5 Å². The van der Waals surface area contributed by atoms with E-state index in [2.05, 4.69) is 15.3 Å². The number of primary amides is 1. The Kier molecular flexibility index (Phi) is 4.78. The zero-order chi connectivity index (χ0) is 19.0. The van der Waals surface area contributed by atoms with E-state index in [4.69, 9.17) is 10.5 Å². The van der Waals surface area contributed by atoms with Crippen LogP contribution in [0.25, 0.3) is 10.2 Å². The van der Waals surface area contributed by atoms with E-state index < -0.39 is 11.7 Å². The van der Waals surface area contributed by atoms with Gasteiger partial charge in [0.25, 0.3) is 5.91 Å². The fraction of sp³-hybridized carbons (Fsp3) is 0.278. The molecule has 0 aliphatic rings. The Morgan fingerprint density at radius 2 is 2.04 bits per heavy atom. The number of aromatic nitrogens is 2. The number of anilines is 2. The lowest BCUT2D eigenvalue weighted by molar-refractivity contribution is 0.0995. The van der Waals surface area contributed by atoms with Crippen LogP contribution < -0.4 is 15.8 Å². The van der Waals surface area contributed by atoms with Gasteiger partial charge in [0.2, 0.25) is 0 Å². The Hall–Kier alpha value is -2.74.